The van der Waals surface area contributed by atoms with Gasteiger partial charge in [0, 0.05) is 29.8 Å². The Bertz CT molecular complexity index is 936. The maximum Gasteiger partial charge on any atom is 0.252 e. The molecule has 0 aliphatic carbocycles. The summed E-state index contributed by atoms with van der Waals surface area (Å²) >= 11 is 5.28. The van der Waals surface area contributed by atoms with Crippen molar-refractivity contribution in [3.8, 4) is 22.8 Å². The molecule has 4 N–H and O–H groups in total. The van der Waals surface area contributed by atoms with Crippen molar-refractivity contribution in [3.05, 3.63) is 39.4 Å². The first-order valence-electron chi connectivity index (χ1n) is 8.38. The van der Waals surface area contributed by atoms with Crippen LogP contribution in [0.25, 0.3) is 11.3 Å². The van der Waals surface area contributed by atoms with Crippen LogP contribution in [0.1, 0.15) is 13.8 Å². The number of amides is 1. The van der Waals surface area contributed by atoms with Gasteiger partial charge in [-0.2, -0.15) is 0 Å². The molecule has 0 aliphatic heterocycles. The van der Waals surface area contributed by atoms with Crippen molar-refractivity contribution in [1.29, 1.82) is 0 Å². The van der Waals surface area contributed by atoms with Crippen LogP contribution in [0.15, 0.2) is 29.1 Å². The number of benzene rings is 1. The molecule has 0 radical (unpaired) electrons. The fourth-order valence-electron chi connectivity index (χ4n) is 2.49. The number of nitrogens with one attached hydrogen (secondary N) is 2. The van der Waals surface area contributed by atoms with Crippen LogP contribution in [0.4, 0.5) is 0 Å². The third-order valence-corrected chi connectivity index (χ3v) is 4.52. The number of methoxy groups -OCH3 is 2. The highest BCUT2D eigenvalue weighted by atomic mass is 32.1. The Morgan fingerprint density at radius 1 is 1.30 bits per heavy atom. The molecule has 27 heavy (non-hydrogen) atoms. The van der Waals surface area contributed by atoms with E-state index in [1.165, 1.54) is 13.2 Å². The van der Waals surface area contributed by atoms with Crippen molar-refractivity contribution in [1.82, 2.24) is 14.9 Å². The van der Waals surface area contributed by atoms with Crippen molar-refractivity contribution in [2.24, 2.45) is 5.73 Å². The van der Waals surface area contributed by atoms with E-state index in [4.69, 9.17) is 27.4 Å². The molecule has 0 aliphatic rings. The molecule has 1 aromatic heterocycles. The number of carbonyl (C=O) groups is 1. The fraction of sp³-hybridized carbons (Fsp3) is 0.389. The third kappa shape index (κ3) is 4.95. The number of hydrogen-bond acceptors (Lipinski definition) is 6. The van der Waals surface area contributed by atoms with Gasteiger partial charge in [0.2, 0.25) is 5.91 Å². The zero-order valence-electron chi connectivity index (χ0n) is 15.7. The molecule has 2 unspecified atom stereocenters. The molecule has 0 fully saturated rings. The minimum atomic E-state index is -0.367. The van der Waals surface area contributed by atoms with Crippen LogP contribution in [-0.2, 0) is 11.3 Å². The Labute approximate surface area is 162 Å². The van der Waals surface area contributed by atoms with E-state index in [-0.39, 0.29) is 34.9 Å². The van der Waals surface area contributed by atoms with E-state index in [0.717, 1.165) is 0 Å². The average Bonchev–Trinajstić information content (AvgIpc) is 2.62. The van der Waals surface area contributed by atoms with Crippen LogP contribution in [0.3, 0.4) is 0 Å². The molecule has 9 heteroatoms. The molecule has 0 spiro atoms. The second kappa shape index (κ2) is 8.83. The molecule has 1 heterocycles. The topological polar surface area (TPSA) is 111 Å². The zero-order chi connectivity index (χ0) is 20.1. The van der Waals surface area contributed by atoms with E-state index in [9.17, 15) is 9.59 Å². The van der Waals surface area contributed by atoms with Gasteiger partial charge in [-0.3, -0.25) is 14.6 Å². The Hall–Kier alpha value is -2.65. The van der Waals surface area contributed by atoms with E-state index >= 15 is 0 Å². The van der Waals surface area contributed by atoms with E-state index < -0.39 is 0 Å². The molecule has 8 nitrogen and oxygen atoms in total. The highest BCUT2D eigenvalue weighted by Gasteiger charge is 2.17. The van der Waals surface area contributed by atoms with Gasteiger partial charge < -0.3 is 25.1 Å². The van der Waals surface area contributed by atoms with Crippen LogP contribution in [-0.4, -0.2) is 41.8 Å². The molecule has 2 atom stereocenters. The lowest BCUT2D eigenvalue weighted by molar-refractivity contribution is -0.122. The van der Waals surface area contributed by atoms with Crippen molar-refractivity contribution >= 4 is 18.1 Å². The lowest BCUT2D eigenvalue weighted by Gasteiger charge is -2.20. The van der Waals surface area contributed by atoms with E-state index in [1.54, 1.807) is 29.9 Å². The summed E-state index contributed by atoms with van der Waals surface area (Å²) in [6.45, 7) is 3.56. The summed E-state index contributed by atoms with van der Waals surface area (Å²) in [5.74, 6) is 0.832. The molecular weight excluding hydrogens is 368 g/mol. The Kier molecular flexibility index (Phi) is 6.75. The summed E-state index contributed by atoms with van der Waals surface area (Å²) in [7, 11) is 3.06. The van der Waals surface area contributed by atoms with Crippen LogP contribution >= 0.6 is 12.2 Å². The second-order valence-corrected chi connectivity index (χ2v) is 6.58. The molecule has 2 aromatic rings. The molecule has 0 saturated carbocycles. The number of ether oxygens (including phenoxy) is 2. The second-order valence-electron chi connectivity index (χ2n) is 6.19. The number of H-pyrrole nitrogens is 1. The predicted molar refractivity (Wildman–Crippen MR) is 106 cm³/mol. The summed E-state index contributed by atoms with van der Waals surface area (Å²) in [6.07, 6.45) is 0. The first-order valence-corrected chi connectivity index (χ1v) is 8.79. The number of hydrogen-bond donors (Lipinski definition) is 3. The van der Waals surface area contributed by atoms with E-state index in [0.29, 0.717) is 22.8 Å². The molecule has 0 saturated heterocycles. The summed E-state index contributed by atoms with van der Waals surface area (Å²) in [5, 5.41) is 2.82. The summed E-state index contributed by atoms with van der Waals surface area (Å²) in [6, 6.07) is 6.17. The number of nitrogens with two attached hydrogens (primary N) is 1. The Balaban J connectivity index is 2.51. The Morgan fingerprint density at radius 2 is 2.00 bits per heavy atom. The van der Waals surface area contributed by atoms with Crippen LogP contribution in [0.2, 0.25) is 0 Å². The van der Waals surface area contributed by atoms with Crippen LogP contribution in [0.5, 0.6) is 11.5 Å². The van der Waals surface area contributed by atoms with E-state index in [1.807, 2.05) is 13.8 Å². The van der Waals surface area contributed by atoms with Crippen molar-refractivity contribution in [2.75, 3.05) is 14.2 Å². The largest absolute Gasteiger partial charge is 0.497 e. The number of carbonyl (C=O) groups excluding carboxylic acids is 1. The SMILES string of the molecule is COc1ccc(-c2cc(=O)[nH]c(=S)n2CC(=O)NC(C)C(C)N)c(OC)c1. The van der Waals surface area contributed by atoms with Crippen molar-refractivity contribution < 1.29 is 14.3 Å². The van der Waals surface area contributed by atoms with Crippen molar-refractivity contribution in [3.63, 3.8) is 0 Å². The van der Waals surface area contributed by atoms with E-state index in [2.05, 4.69) is 10.3 Å². The van der Waals surface area contributed by atoms with Crippen molar-refractivity contribution in [2.45, 2.75) is 32.5 Å². The number of aromatic amines is 1. The fourth-order valence-corrected chi connectivity index (χ4v) is 2.75. The monoisotopic (exact) mass is 392 g/mol. The number of rotatable bonds is 7. The van der Waals surface area contributed by atoms with Crippen LogP contribution in [0, 0.1) is 4.77 Å². The van der Waals surface area contributed by atoms with Gasteiger partial charge in [-0.05, 0) is 38.2 Å². The first kappa shape index (κ1) is 20.7. The highest BCUT2D eigenvalue weighted by molar-refractivity contribution is 7.71. The smallest absolute Gasteiger partial charge is 0.252 e. The maximum absolute atomic E-state index is 12.4. The lowest BCUT2D eigenvalue weighted by Crippen LogP contribution is -2.45. The van der Waals surface area contributed by atoms with Gasteiger partial charge in [0.15, 0.2) is 4.77 Å². The average molecular weight is 392 g/mol. The third-order valence-electron chi connectivity index (χ3n) is 4.20. The van der Waals surface area contributed by atoms with Gasteiger partial charge in [-0.1, -0.05) is 0 Å². The first-order chi connectivity index (χ1) is 12.8. The molecule has 2 rings (SSSR count). The van der Waals surface area contributed by atoms with Gasteiger partial charge in [0.05, 0.1) is 19.9 Å². The van der Waals surface area contributed by atoms with Gasteiger partial charge in [-0.25, -0.2) is 0 Å². The molecular formula is C18H24N4O4S. The normalized spacial score (nSPS) is 12.9. The van der Waals surface area contributed by atoms with Gasteiger partial charge in [-0.15, -0.1) is 0 Å². The van der Waals surface area contributed by atoms with Crippen LogP contribution < -0.4 is 26.1 Å². The van der Waals surface area contributed by atoms with Gasteiger partial charge in [0.1, 0.15) is 18.0 Å². The predicted octanol–water partition coefficient (Wildman–Crippen LogP) is 1.44. The quantitative estimate of drug-likeness (QED) is 0.615. The zero-order valence-corrected chi connectivity index (χ0v) is 16.6. The molecule has 0 bridgehead atoms. The summed E-state index contributed by atoms with van der Waals surface area (Å²) < 4.78 is 12.3. The molecule has 1 aromatic carbocycles. The minimum absolute atomic E-state index is 0.0722. The lowest BCUT2D eigenvalue weighted by atomic mass is 10.1. The van der Waals surface area contributed by atoms with Gasteiger partial charge in [0.25, 0.3) is 5.56 Å². The number of nitrogens with zero attached hydrogens (tertiary/aromatic N) is 1. The molecule has 146 valence electrons. The highest BCUT2D eigenvalue weighted by Crippen LogP contribution is 2.32. The molecule has 1 amide bonds. The standard InChI is InChI=1S/C18H24N4O4S/c1-10(19)11(2)20-17(24)9-22-14(8-16(23)21-18(22)27)13-6-5-12(25-3)7-15(13)26-4/h5-8,10-11H,9,19H2,1-4H3,(H,20,24)(H,21,23,27). The van der Waals surface area contributed by atoms with Gasteiger partial charge >= 0.3 is 0 Å². The Morgan fingerprint density at radius 3 is 2.59 bits per heavy atom. The summed E-state index contributed by atoms with van der Waals surface area (Å²) in [5.41, 5.74) is 6.51. The number of aromatic nitrogens is 2. The maximum atomic E-state index is 12.4. The summed E-state index contributed by atoms with van der Waals surface area (Å²) in [4.78, 5) is 27.0. The minimum Gasteiger partial charge on any atom is -0.497 e.